The number of aromatic nitrogens is 3. The van der Waals surface area contributed by atoms with Gasteiger partial charge in [0.25, 0.3) is 0 Å². The highest BCUT2D eigenvalue weighted by molar-refractivity contribution is 9.10. The van der Waals surface area contributed by atoms with Gasteiger partial charge in [0.1, 0.15) is 18.0 Å². The highest BCUT2D eigenvalue weighted by atomic mass is 79.9. The van der Waals surface area contributed by atoms with Gasteiger partial charge in [-0.2, -0.15) is 5.10 Å². The fourth-order valence-electron chi connectivity index (χ4n) is 1.92. The van der Waals surface area contributed by atoms with Crippen molar-refractivity contribution in [3.8, 4) is 0 Å². The van der Waals surface area contributed by atoms with E-state index in [-0.39, 0.29) is 17.8 Å². The van der Waals surface area contributed by atoms with Crippen LogP contribution in [0.4, 0.5) is 4.39 Å². The first-order valence-electron chi connectivity index (χ1n) is 6.33. The van der Waals surface area contributed by atoms with Gasteiger partial charge < -0.3 is 0 Å². The van der Waals surface area contributed by atoms with Gasteiger partial charge >= 0.3 is 0 Å². The predicted octanol–water partition coefficient (Wildman–Crippen LogP) is 3.26. The maximum absolute atomic E-state index is 13.7. The summed E-state index contributed by atoms with van der Waals surface area (Å²) < 4.78 is 15.9. The first kappa shape index (κ1) is 14.8. The molecule has 1 heterocycles. The number of rotatable bonds is 5. The number of nitrogens with zero attached hydrogens (tertiary/aromatic N) is 3. The van der Waals surface area contributed by atoms with Gasteiger partial charge in [-0.3, -0.25) is 4.79 Å². The fraction of sp³-hybridized carbons (Fsp3) is 0.357. The zero-order chi connectivity index (χ0) is 14.7. The molecule has 1 aromatic carbocycles. The van der Waals surface area contributed by atoms with Crippen LogP contribution in [-0.2, 0) is 13.0 Å². The van der Waals surface area contributed by atoms with E-state index in [4.69, 9.17) is 0 Å². The molecule has 0 unspecified atom stereocenters. The van der Waals surface area contributed by atoms with Crippen LogP contribution in [0.2, 0.25) is 0 Å². The van der Waals surface area contributed by atoms with E-state index >= 15 is 0 Å². The smallest absolute Gasteiger partial charge is 0.174 e. The van der Waals surface area contributed by atoms with E-state index in [1.165, 1.54) is 12.4 Å². The minimum Gasteiger partial charge on any atom is -0.294 e. The molecule has 0 aliphatic rings. The van der Waals surface area contributed by atoms with E-state index in [1.54, 1.807) is 16.8 Å². The standard InChI is InChI=1S/C14H15BrFN3O/c1-9(2)7-19-13(17-8-18-19)6-12(20)14-10(15)4-3-5-11(14)16/h3-5,8-9H,6-7H2,1-2H3. The van der Waals surface area contributed by atoms with Crippen molar-refractivity contribution in [3.63, 3.8) is 0 Å². The SMILES string of the molecule is CC(C)Cn1ncnc1CC(=O)c1c(F)cccc1Br. The molecule has 0 radical (unpaired) electrons. The van der Waals surface area contributed by atoms with Crippen molar-refractivity contribution in [2.45, 2.75) is 26.8 Å². The first-order valence-corrected chi connectivity index (χ1v) is 7.12. The molecular weight excluding hydrogens is 325 g/mol. The van der Waals surface area contributed by atoms with Gasteiger partial charge in [0.05, 0.1) is 12.0 Å². The lowest BCUT2D eigenvalue weighted by atomic mass is 10.1. The van der Waals surface area contributed by atoms with E-state index in [1.807, 2.05) is 0 Å². The van der Waals surface area contributed by atoms with Crippen molar-refractivity contribution in [1.29, 1.82) is 0 Å². The van der Waals surface area contributed by atoms with E-state index in [9.17, 15) is 9.18 Å². The molecule has 0 fully saturated rings. The second kappa shape index (κ2) is 6.26. The zero-order valence-corrected chi connectivity index (χ0v) is 12.9. The maximum Gasteiger partial charge on any atom is 0.174 e. The Hall–Kier alpha value is -1.56. The molecule has 4 nitrogen and oxygen atoms in total. The largest absolute Gasteiger partial charge is 0.294 e. The number of carbonyl (C=O) groups is 1. The second-order valence-corrected chi connectivity index (χ2v) is 5.80. The van der Waals surface area contributed by atoms with Crippen LogP contribution in [0.1, 0.15) is 30.0 Å². The molecule has 106 valence electrons. The lowest BCUT2D eigenvalue weighted by molar-refractivity contribution is 0.0984. The highest BCUT2D eigenvalue weighted by Crippen LogP contribution is 2.21. The highest BCUT2D eigenvalue weighted by Gasteiger charge is 2.18. The average molecular weight is 340 g/mol. The molecular formula is C14H15BrFN3O. The van der Waals surface area contributed by atoms with Crippen LogP contribution in [0, 0.1) is 11.7 Å². The van der Waals surface area contributed by atoms with Crippen LogP contribution in [0.25, 0.3) is 0 Å². The predicted molar refractivity (Wildman–Crippen MR) is 77.0 cm³/mol. The summed E-state index contributed by atoms with van der Waals surface area (Å²) in [6, 6.07) is 4.48. The minimum atomic E-state index is -0.528. The Bertz CT molecular complexity index is 604. The number of ketones is 1. The lowest BCUT2D eigenvalue weighted by Crippen LogP contribution is -2.15. The van der Waals surface area contributed by atoms with Crippen molar-refractivity contribution in [1.82, 2.24) is 14.8 Å². The molecule has 0 bridgehead atoms. The summed E-state index contributed by atoms with van der Waals surface area (Å²) in [5, 5.41) is 4.10. The maximum atomic E-state index is 13.7. The van der Waals surface area contributed by atoms with E-state index < -0.39 is 5.82 Å². The summed E-state index contributed by atoms with van der Waals surface area (Å²) in [5.41, 5.74) is 0.0617. The van der Waals surface area contributed by atoms with Crippen LogP contribution in [0.15, 0.2) is 29.0 Å². The fourth-order valence-corrected chi connectivity index (χ4v) is 2.48. The molecule has 0 spiro atoms. The summed E-state index contributed by atoms with van der Waals surface area (Å²) in [7, 11) is 0. The monoisotopic (exact) mass is 339 g/mol. The Morgan fingerprint density at radius 2 is 2.20 bits per heavy atom. The summed E-state index contributed by atoms with van der Waals surface area (Å²) >= 11 is 3.21. The molecule has 0 saturated heterocycles. The number of benzene rings is 1. The number of hydrogen-bond donors (Lipinski definition) is 0. The zero-order valence-electron chi connectivity index (χ0n) is 11.3. The van der Waals surface area contributed by atoms with Crippen molar-refractivity contribution in [2.75, 3.05) is 0 Å². The number of Topliss-reactive ketones (excluding diaryl/α,β-unsaturated/α-hetero) is 1. The Morgan fingerprint density at radius 1 is 1.45 bits per heavy atom. The third-order valence-electron chi connectivity index (χ3n) is 2.79. The number of hydrogen-bond acceptors (Lipinski definition) is 3. The van der Waals surface area contributed by atoms with E-state index in [0.717, 1.165) is 0 Å². The van der Waals surface area contributed by atoms with Crippen LogP contribution in [0.5, 0.6) is 0 Å². The molecule has 0 N–H and O–H groups in total. The molecule has 0 aliphatic heterocycles. The normalized spacial score (nSPS) is 11.1. The molecule has 0 saturated carbocycles. The van der Waals surface area contributed by atoms with Gasteiger partial charge in [0, 0.05) is 11.0 Å². The molecule has 6 heteroatoms. The molecule has 1 aromatic heterocycles. The third-order valence-corrected chi connectivity index (χ3v) is 3.45. The average Bonchev–Trinajstić information content (AvgIpc) is 2.75. The van der Waals surface area contributed by atoms with Crippen molar-refractivity contribution in [3.05, 3.63) is 46.2 Å². The summed E-state index contributed by atoms with van der Waals surface area (Å²) in [6.45, 7) is 4.79. The van der Waals surface area contributed by atoms with Gasteiger partial charge in [-0.25, -0.2) is 14.1 Å². The molecule has 0 atom stereocenters. The van der Waals surface area contributed by atoms with Crippen LogP contribution < -0.4 is 0 Å². The van der Waals surface area contributed by atoms with E-state index in [0.29, 0.717) is 22.8 Å². The Balaban J connectivity index is 2.22. The van der Waals surface area contributed by atoms with Gasteiger partial charge in [-0.15, -0.1) is 0 Å². The van der Waals surface area contributed by atoms with Gasteiger partial charge in [0.15, 0.2) is 5.78 Å². The molecule has 2 rings (SSSR count). The van der Waals surface area contributed by atoms with Gasteiger partial charge in [-0.05, 0) is 34.0 Å². The molecule has 0 aliphatic carbocycles. The molecule has 20 heavy (non-hydrogen) atoms. The number of halogens is 2. The Morgan fingerprint density at radius 3 is 2.85 bits per heavy atom. The van der Waals surface area contributed by atoms with Crippen molar-refractivity contribution >= 4 is 21.7 Å². The van der Waals surface area contributed by atoms with Crippen LogP contribution in [-0.4, -0.2) is 20.5 Å². The number of carbonyl (C=O) groups excluding carboxylic acids is 1. The Kier molecular flexibility index (Phi) is 4.65. The molecule has 0 amide bonds. The third kappa shape index (κ3) is 3.30. The first-order chi connectivity index (χ1) is 9.49. The van der Waals surface area contributed by atoms with Crippen molar-refractivity contribution in [2.24, 2.45) is 5.92 Å². The Labute approximate surface area is 125 Å². The van der Waals surface area contributed by atoms with Crippen molar-refractivity contribution < 1.29 is 9.18 Å². The minimum absolute atomic E-state index is 0.0340. The van der Waals surface area contributed by atoms with Gasteiger partial charge in [0.2, 0.25) is 0 Å². The van der Waals surface area contributed by atoms with E-state index in [2.05, 4.69) is 39.9 Å². The van der Waals surface area contributed by atoms with Gasteiger partial charge in [-0.1, -0.05) is 19.9 Å². The lowest BCUT2D eigenvalue weighted by Gasteiger charge is -2.09. The van der Waals surface area contributed by atoms with Crippen LogP contribution >= 0.6 is 15.9 Å². The summed E-state index contributed by atoms with van der Waals surface area (Å²) in [5.74, 6) is 0.108. The van der Waals surface area contributed by atoms with Crippen LogP contribution in [0.3, 0.4) is 0 Å². The second-order valence-electron chi connectivity index (χ2n) is 4.95. The topological polar surface area (TPSA) is 47.8 Å². The summed E-state index contributed by atoms with van der Waals surface area (Å²) in [6.07, 6.45) is 1.45. The summed E-state index contributed by atoms with van der Waals surface area (Å²) in [4.78, 5) is 16.3. The quantitative estimate of drug-likeness (QED) is 0.785. The molecule has 2 aromatic rings.